The van der Waals surface area contributed by atoms with Crippen LogP contribution in [-0.4, -0.2) is 11.2 Å². The van der Waals surface area contributed by atoms with Crippen molar-refractivity contribution >= 4 is 0 Å². The van der Waals surface area contributed by atoms with Gasteiger partial charge in [-0.3, -0.25) is 0 Å². The molecule has 5 rings (SSSR count). The molecule has 0 aliphatic heterocycles. The standard InChI is InChI=1S/C30H50O/c1-19(2)20-9-12-23-27(20,5)15-17-30(8)24-13-10-21-22(11-14-25(31)26(21,3)4)28(24,6)16-18-29(23,30)7/h10,19-20,22-25,31H,9,11-18H2,1-8H3/t20-,22-,23+,24+,25+,27-,28+,29+,30+/m1/s1. The highest BCUT2D eigenvalue weighted by Crippen LogP contribution is 2.77. The molecule has 1 nitrogen and oxygen atoms in total. The van der Waals surface area contributed by atoms with Crippen LogP contribution in [0.5, 0.6) is 0 Å². The smallest absolute Gasteiger partial charge is 0.0628 e. The van der Waals surface area contributed by atoms with Crippen molar-refractivity contribution in [2.45, 2.75) is 119 Å². The molecule has 5 aliphatic rings. The summed E-state index contributed by atoms with van der Waals surface area (Å²) < 4.78 is 0. The zero-order valence-corrected chi connectivity index (χ0v) is 21.9. The minimum absolute atomic E-state index is 0.0420. The maximum Gasteiger partial charge on any atom is 0.0628 e. The van der Waals surface area contributed by atoms with E-state index in [1.54, 1.807) is 5.57 Å². The summed E-state index contributed by atoms with van der Waals surface area (Å²) in [4.78, 5) is 0. The molecule has 4 fully saturated rings. The fraction of sp³-hybridized carbons (Fsp3) is 0.933. The summed E-state index contributed by atoms with van der Waals surface area (Å²) in [5.74, 6) is 4.15. The molecule has 176 valence electrons. The summed E-state index contributed by atoms with van der Waals surface area (Å²) in [6, 6.07) is 0. The molecule has 1 heteroatoms. The second-order valence-corrected chi connectivity index (χ2v) is 14.6. The molecule has 5 aliphatic carbocycles. The summed E-state index contributed by atoms with van der Waals surface area (Å²) in [6.07, 6.45) is 14.6. The van der Waals surface area contributed by atoms with Gasteiger partial charge in [-0.25, -0.2) is 0 Å². The van der Waals surface area contributed by atoms with Gasteiger partial charge in [0.15, 0.2) is 0 Å². The molecule has 0 saturated heterocycles. The summed E-state index contributed by atoms with van der Waals surface area (Å²) in [7, 11) is 0. The van der Waals surface area contributed by atoms with Gasteiger partial charge in [0.25, 0.3) is 0 Å². The van der Waals surface area contributed by atoms with E-state index in [2.05, 4.69) is 61.5 Å². The van der Waals surface area contributed by atoms with Gasteiger partial charge < -0.3 is 5.11 Å². The number of aliphatic hydroxyl groups is 1. The van der Waals surface area contributed by atoms with Crippen molar-refractivity contribution in [2.24, 2.45) is 56.7 Å². The Morgan fingerprint density at radius 2 is 1.39 bits per heavy atom. The van der Waals surface area contributed by atoms with Gasteiger partial charge in [0.1, 0.15) is 0 Å². The van der Waals surface area contributed by atoms with Crippen molar-refractivity contribution in [3.8, 4) is 0 Å². The van der Waals surface area contributed by atoms with Crippen LogP contribution >= 0.6 is 0 Å². The summed E-state index contributed by atoms with van der Waals surface area (Å²) >= 11 is 0. The fourth-order valence-electron chi connectivity index (χ4n) is 11.2. The Kier molecular flexibility index (Phi) is 4.82. The van der Waals surface area contributed by atoms with Crippen molar-refractivity contribution in [1.29, 1.82) is 0 Å². The van der Waals surface area contributed by atoms with E-state index in [4.69, 9.17) is 0 Å². The van der Waals surface area contributed by atoms with E-state index in [1.807, 2.05) is 0 Å². The molecule has 9 atom stereocenters. The lowest BCUT2D eigenvalue weighted by Crippen LogP contribution is -2.64. The molecular formula is C30H50O. The largest absolute Gasteiger partial charge is 0.392 e. The van der Waals surface area contributed by atoms with Crippen molar-refractivity contribution in [2.75, 3.05) is 0 Å². The second-order valence-electron chi connectivity index (χ2n) is 14.6. The number of rotatable bonds is 1. The summed E-state index contributed by atoms with van der Waals surface area (Å²) in [5, 5.41) is 10.8. The lowest BCUT2D eigenvalue weighted by molar-refractivity contribution is -0.214. The Bertz CT molecular complexity index is 777. The van der Waals surface area contributed by atoms with Gasteiger partial charge in [-0.2, -0.15) is 0 Å². The molecule has 31 heavy (non-hydrogen) atoms. The van der Waals surface area contributed by atoms with Crippen LogP contribution in [0.25, 0.3) is 0 Å². The highest BCUT2D eigenvalue weighted by molar-refractivity contribution is 5.30. The van der Waals surface area contributed by atoms with Crippen LogP contribution in [0.4, 0.5) is 0 Å². The van der Waals surface area contributed by atoms with Crippen molar-refractivity contribution < 1.29 is 5.11 Å². The zero-order valence-electron chi connectivity index (χ0n) is 21.9. The van der Waals surface area contributed by atoms with Crippen molar-refractivity contribution in [3.63, 3.8) is 0 Å². The van der Waals surface area contributed by atoms with E-state index >= 15 is 0 Å². The number of allylic oxidation sites excluding steroid dienone is 1. The van der Waals surface area contributed by atoms with Crippen LogP contribution in [0, 0.1) is 56.7 Å². The lowest BCUT2D eigenvalue weighted by Gasteiger charge is -2.71. The van der Waals surface area contributed by atoms with Gasteiger partial charge in [0.2, 0.25) is 0 Å². The van der Waals surface area contributed by atoms with E-state index < -0.39 is 0 Å². The Balaban J connectivity index is 1.55. The monoisotopic (exact) mass is 426 g/mol. The van der Waals surface area contributed by atoms with Gasteiger partial charge >= 0.3 is 0 Å². The topological polar surface area (TPSA) is 20.2 Å². The molecule has 0 aromatic carbocycles. The molecule has 0 amide bonds. The third-order valence-electron chi connectivity index (χ3n) is 13.3. The third kappa shape index (κ3) is 2.60. The number of fused-ring (bicyclic) bond motifs is 7. The van der Waals surface area contributed by atoms with Crippen LogP contribution < -0.4 is 0 Å². The van der Waals surface area contributed by atoms with Gasteiger partial charge in [-0.05, 0) is 109 Å². The molecule has 1 N–H and O–H groups in total. The van der Waals surface area contributed by atoms with E-state index in [9.17, 15) is 5.11 Å². The Labute approximate surface area is 192 Å². The fourth-order valence-corrected chi connectivity index (χ4v) is 11.2. The minimum atomic E-state index is -0.165. The van der Waals surface area contributed by atoms with Gasteiger partial charge in [0.05, 0.1) is 6.10 Å². The normalized spacial score (nSPS) is 55.7. The molecule has 0 spiro atoms. The zero-order chi connectivity index (χ0) is 22.6. The maximum atomic E-state index is 10.8. The van der Waals surface area contributed by atoms with Gasteiger partial charge in [-0.15, -0.1) is 0 Å². The highest BCUT2D eigenvalue weighted by Gasteiger charge is 2.70. The quantitative estimate of drug-likeness (QED) is 0.421. The molecular weight excluding hydrogens is 376 g/mol. The Morgan fingerprint density at radius 1 is 0.774 bits per heavy atom. The van der Waals surface area contributed by atoms with Crippen LogP contribution in [0.3, 0.4) is 0 Å². The van der Waals surface area contributed by atoms with Crippen LogP contribution in [0.15, 0.2) is 11.6 Å². The second kappa shape index (κ2) is 6.64. The first kappa shape index (κ1) is 22.5. The van der Waals surface area contributed by atoms with Crippen LogP contribution in [0.1, 0.15) is 113 Å². The molecule has 0 aromatic heterocycles. The molecule has 0 heterocycles. The Morgan fingerprint density at radius 3 is 2.03 bits per heavy atom. The van der Waals surface area contributed by atoms with E-state index in [1.165, 1.54) is 51.4 Å². The SMILES string of the molecule is CC(C)[C@H]1CC[C@H]2[C@]1(C)CC[C@@]1(C)[C@H]3CC=C4[C@@H](CC[C@H](O)C4(C)C)[C@]3(C)CC[C@@]21C. The van der Waals surface area contributed by atoms with Crippen LogP contribution in [0.2, 0.25) is 0 Å². The summed E-state index contributed by atoms with van der Waals surface area (Å²) in [6.45, 7) is 20.4. The van der Waals surface area contributed by atoms with Crippen molar-refractivity contribution in [1.82, 2.24) is 0 Å². The average Bonchev–Trinajstić information content (AvgIpc) is 3.05. The first-order chi connectivity index (χ1) is 14.3. The van der Waals surface area contributed by atoms with Crippen LogP contribution in [-0.2, 0) is 0 Å². The molecule has 0 bridgehead atoms. The third-order valence-corrected chi connectivity index (χ3v) is 13.3. The molecule has 4 saturated carbocycles. The first-order valence-electron chi connectivity index (χ1n) is 13.7. The van der Waals surface area contributed by atoms with E-state index in [0.717, 1.165) is 30.1 Å². The molecule has 0 radical (unpaired) electrons. The molecule has 0 aromatic rings. The highest BCUT2D eigenvalue weighted by atomic mass is 16.3. The predicted molar refractivity (Wildman–Crippen MR) is 131 cm³/mol. The molecule has 0 unspecified atom stereocenters. The summed E-state index contributed by atoms with van der Waals surface area (Å²) in [5.41, 5.74) is 3.49. The van der Waals surface area contributed by atoms with Gasteiger partial charge in [-0.1, -0.05) is 67.0 Å². The lowest BCUT2D eigenvalue weighted by atomic mass is 9.33. The number of hydrogen-bond donors (Lipinski definition) is 1. The van der Waals surface area contributed by atoms with Crippen molar-refractivity contribution in [3.05, 3.63) is 11.6 Å². The average molecular weight is 427 g/mol. The van der Waals surface area contributed by atoms with E-state index in [0.29, 0.717) is 27.6 Å². The number of aliphatic hydroxyl groups excluding tert-OH is 1. The predicted octanol–water partition coefficient (Wildman–Crippen LogP) is 8.02. The van der Waals surface area contributed by atoms with Gasteiger partial charge in [0, 0.05) is 5.41 Å². The first-order valence-corrected chi connectivity index (χ1v) is 13.7. The maximum absolute atomic E-state index is 10.8. The Hall–Kier alpha value is -0.300. The number of hydrogen-bond acceptors (Lipinski definition) is 1. The van der Waals surface area contributed by atoms with E-state index in [-0.39, 0.29) is 11.5 Å². The minimum Gasteiger partial charge on any atom is -0.392 e.